The molecule has 2 atom stereocenters. The Morgan fingerprint density at radius 2 is 2.16 bits per heavy atom. The van der Waals surface area contributed by atoms with Crippen LogP contribution < -0.4 is 10.5 Å². The SMILES string of the molecule is CCCOc1ccccc1C(=O)C1CCCC1CN. The number of ether oxygens (including phenoxy) is 1. The molecule has 0 radical (unpaired) electrons. The average molecular weight is 261 g/mol. The van der Waals surface area contributed by atoms with Crippen molar-refractivity contribution in [3.05, 3.63) is 29.8 Å². The van der Waals surface area contributed by atoms with Crippen LogP contribution in [-0.4, -0.2) is 18.9 Å². The van der Waals surface area contributed by atoms with Gasteiger partial charge in [-0.1, -0.05) is 25.5 Å². The summed E-state index contributed by atoms with van der Waals surface area (Å²) in [7, 11) is 0. The molecule has 0 saturated heterocycles. The van der Waals surface area contributed by atoms with Gasteiger partial charge in [-0.2, -0.15) is 0 Å². The number of benzene rings is 1. The van der Waals surface area contributed by atoms with Gasteiger partial charge < -0.3 is 10.5 Å². The molecule has 0 spiro atoms. The van der Waals surface area contributed by atoms with Crippen LogP contribution in [-0.2, 0) is 0 Å². The fraction of sp³-hybridized carbons (Fsp3) is 0.562. The lowest BCUT2D eigenvalue weighted by Crippen LogP contribution is -2.25. The van der Waals surface area contributed by atoms with Gasteiger partial charge in [0.25, 0.3) is 0 Å². The van der Waals surface area contributed by atoms with Crippen molar-refractivity contribution < 1.29 is 9.53 Å². The zero-order valence-electron chi connectivity index (χ0n) is 11.6. The molecule has 104 valence electrons. The van der Waals surface area contributed by atoms with E-state index in [1.807, 2.05) is 24.3 Å². The van der Waals surface area contributed by atoms with Crippen LogP contribution in [0.5, 0.6) is 5.75 Å². The average Bonchev–Trinajstić information content (AvgIpc) is 2.93. The van der Waals surface area contributed by atoms with Crippen LogP contribution in [0.15, 0.2) is 24.3 Å². The lowest BCUT2D eigenvalue weighted by molar-refractivity contribution is 0.0889. The van der Waals surface area contributed by atoms with E-state index in [-0.39, 0.29) is 11.7 Å². The summed E-state index contributed by atoms with van der Waals surface area (Å²) in [5, 5.41) is 0. The van der Waals surface area contributed by atoms with Gasteiger partial charge in [0.1, 0.15) is 5.75 Å². The van der Waals surface area contributed by atoms with E-state index >= 15 is 0 Å². The topological polar surface area (TPSA) is 52.3 Å². The van der Waals surface area contributed by atoms with E-state index in [4.69, 9.17) is 10.5 Å². The number of para-hydroxylation sites is 1. The second kappa shape index (κ2) is 6.71. The largest absolute Gasteiger partial charge is 0.493 e. The van der Waals surface area contributed by atoms with Gasteiger partial charge in [0.05, 0.1) is 12.2 Å². The fourth-order valence-corrected chi connectivity index (χ4v) is 2.87. The van der Waals surface area contributed by atoms with Crippen LogP contribution in [0.3, 0.4) is 0 Å². The number of carbonyl (C=O) groups excluding carboxylic acids is 1. The summed E-state index contributed by atoms with van der Waals surface area (Å²) >= 11 is 0. The zero-order valence-corrected chi connectivity index (χ0v) is 11.6. The predicted molar refractivity (Wildman–Crippen MR) is 76.4 cm³/mol. The first kappa shape index (κ1) is 14.1. The Hall–Kier alpha value is -1.35. The summed E-state index contributed by atoms with van der Waals surface area (Å²) in [5.41, 5.74) is 6.50. The van der Waals surface area contributed by atoms with Gasteiger partial charge in [-0.25, -0.2) is 0 Å². The van der Waals surface area contributed by atoms with Crippen molar-refractivity contribution in [2.45, 2.75) is 32.6 Å². The Kier molecular flexibility index (Phi) is 4.97. The van der Waals surface area contributed by atoms with E-state index in [1.165, 1.54) is 0 Å². The van der Waals surface area contributed by atoms with Gasteiger partial charge in [-0.15, -0.1) is 0 Å². The summed E-state index contributed by atoms with van der Waals surface area (Å²) < 4.78 is 5.68. The van der Waals surface area contributed by atoms with Gasteiger partial charge in [0.2, 0.25) is 0 Å². The maximum atomic E-state index is 12.7. The van der Waals surface area contributed by atoms with Crippen molar-refractivity contribution in [3.63, 3.8) is 0 Å². The number of Topliss-reactive ketones (excluding diaryl/α,β-unsaturated/α-hetero) is 1. The molecule has 0 heterocycles. The molecule has 1 aromatic carbocycles. The molecule has 2 N–H and O–H groups in total. The van der Waals surface area contributed by atoms with Crippen LogP contribution in [0, 0.1) is 11.8 Å². The molecule has 0 amide bonds. The molecule has 1 saturated carbocycles. The molecular formula is C16H23NO2. The highest BCUT2D eigenvalue weighted by Crippen LogP contribution is 2.35. The predicted octanol–water partition coefficient (Wildman–Crippen LogP) is 3.03. The molecule has 2 unspecified atom stereocenters. The molecule has 0 bridgehead atoms. The Morgan fingerprint density at radius 1 is 1.37 bits per heavy atom. The number of rotatable bonds is 6. The van der Waals surface area contributed by atoms with E-state index in [9.17, 15) is 4.79 Å². The number of ketones is 1. The van der Waals surface area contributed by atoms with Crippen molar-refractivity contribution in [2.24, 2.45) is 17.6 Å². The third-order valence-corrected chi connectivity index (χ3v) is 3.91. The van der Waals surface area contributed by atoms with E-state index in [0.29, 0.717) is 19.1 Å². The van der Waals surface area contributed by atoms with Gasteiger partial charge in [0.15, 0.2) is 5.78 Å². The summed E-state index contributed by atoms with van der Waals surface area (Å²) in [6.07, 6.45) is 4.08. The minimum Gasteiger partial charge on any atom is -0.493 e. The van der Waals surface area contributed by atoms with Crippen molar-refractivity contribution in [3.8, 4) is 5.75 Å². The number of hydrogen-bond donors (Lipinski definition) is 1. The minimum absolute atomic E-state index is 0.0800. The summed E-state index contributed by atoms with van der Waals surface area (Å²) in [5.74, 6) is 1.35. The van der Waals surface area contributed by atoms with Gasteiger partial charge >= 0.3 is 0 Å². The van der Waals surface area contributed by atoms with Gasteiger partial charge in [-0.05, 0) is 43.9 Å². The smallest absolute Gasteiger partial charge is 0.169 e. The monoisotopic (exact) mass is 261 g/mol. The molecule has 1 aliphatic rings. The quantitative estimate of drug-likeness (QED) is 0.801. The maximum absolute atomic E-state index is 12.7. The molecule has 2 rings (SSSR count). The van der Waals surface area contributed by atoms with Gasteiger partial charge in [-0.3, -0.25) is 4.79 Å². The summed E-state index contributed by atoms with van der Waals surface area (Å²) in [6, 6.07) is 7.57. The van der Waals surface area contributed by atoms with Crippen molar-refractivity contribution >= 4 is 5.78 Å². The lowest BCUT2D eigenvalue weighted by Gasteiger charge is -2.18. The first-order valence-electron chi connectivity index (χ1n) is 7.24. The first-order valence-corrected chi connectivity index (χ1v) is 7.24. The van der Waals surface area contributed by atoms with Crippen LogP contribution in [0.25, 0.3) is 0 Å². The Labute approximate surface area is 115 Å². The highest BCUT2D eigenvalue weighted by molar-refractivity contribution is 6.00. The Balaban J connectivity index is 2.18. The first-order chi connectivity index (χ1) is 9.27. The number of nitrogens with two attached hydrogens (primary N) is 1. The number of hydrogen-bond acceptors (Lipinski definition) is 3. The van der Waals surface area contributed by atoms with E-state index in [2.05, 4.69) is 6.92 Å². The van der Waals surface area contributed by atoms with Crippen molar-refractivity contribution in [1.82, 2.24) is 0 Å². The molecule has 1 fully saturated rings. The lowest BCUT2D eigenvalue weighted by atomic mass is 9.88. The van der Waals surface area contributed by atoms with Crippen molar-refractivity contribution in [1.29, 1.82) is 0 Å². The standard InChI is InChI=1S/C16H23NO2/c1-2-10-19-15-9-4-3-7-14(15)16(18)13-8-5-6-12(13)11-17/h3-4,7,9,12-13H,2,5-6,8,10-11,17H2,1H3. The zero-order chi connectivity index (χ0) is 13.7. The molecular weight excluding hydrogens is 238 g/mol. The Bertz CT molecular complexity index is 431. The maximum Gasteiger partial charge on any atom is 0.169 e. The molecule has 3 heteroatoms. The highest BCUT2D eigenvalue weighted by atomic mass is 16.5. The molecule has 0 aromatic heterocycles. The second-order valence-corrected chi connectivity index (χ2v) is 5.24. The van der Waals surface area contributed by atoms with Crippen LogP contribution in [0.4, 0.5) is 0 Å². The van der Waals surface area contributed by atoms with Crippen LogP contribution in [0.2, 0.25) is 0 Å². The third-order valence-electron chi connectivity index (χ3n) is 3.91. The molecule has 0 aliphatic heterocycles. The van der Waals surface area contributed by atoms with Crippen molar-refractivity contribution in [2.75, 3.05) is 13.2 Å². The summed E-state index contributed by atoms with van der Waals surface area (Å²) in [6.45, 7) is 3.32. The molecule has 1 aliphatic carbocycles. The van der Waals surface area contributed by atoms with E-state index in [1.54, 1.807) is 0 Å². The van der Waals surface area contributed by atoms with Crippen LogP contribution >= 0.6 is 0 Å². The third kappa shape index (κ3) is 3.16. The summed E-state index contributed by atoms with van der Waals surface area (Å²) in [4.78, 5) is 12.7. The highest BCUT2D eigenvalue weighted by Gasteiger charge is 2.33. The van der Waals surface area contributed by atoms with Gasteiger partial charge in [0, 0.05) is 5.92 Å². The molecule has 19 heavy (non-hydrogen) atoms. The number of carbonyl (C=O) groups is 1. The fourth-order valence-electron chi connectivity index (χ4n) is 2.87. The molecule has 3 nitrogen and oxygen atoms in total. The Morgan fingerprint density at radius 3 is 2.89 bits per heavy atom. The minimum atomic E-state index is 0.0800. The second-order valence-electron chi connectivity index (χ2n) is 5.24. The molecule has 1 aromatic rings. The van der Waals surface area contributed by atoms with Crippen LogP contribution in [0.1, 0.15) is 43.0 Å². The van der Waals surface area contributed by atoms with E-state index < -0.39 is 0 Å². The van der Waals surface area contributed by atoms with E-state index in [0.717, 1.165) is 37.0 Å². The normalized spacial score (nSPS) is 22.4.